The van der Waals surface area contributed by atoms with E-state index in [1.165, 1.54) is 0 Å². The van der Waals surface area contributed by atoms with Gasteiger partial charge in [0.15, 0.2) is 0 Å². The van der Waals surface area contributed by atoms with Gasteiger partial charge in [0.25, 0.3) is 0 Å². The van der Waals surface area contributed by atoms with Crippen molar-refractivity contribution >= 4 is 0 Å². The zero-order valence-corrected chi connectivity index (χ0v) is 8.64. The van der Waals surface area contributed by atoms with Crippen molar-refractivity contribution < 1.29 is 0 Å². The Kier molecular flexibility index (Phi) is 2.74. The molecule has 0 unspecified atom stereocenters. The van der Waals surface area contributed by atoms with Crippen molar-refractivity contribution in [2.45, 2.75) is 13.5 Å². The van der Waals surface area contributed by atoms with Gasteiger partial charge >= 0.3 is 0 Å². The zero-order chi connectivity index (χ0) is 10.7. The third-order valence-electron chi connectivity index (χ3n) is 2.39. The molecule has 1 heterocycles. The summed E-state index contributed by atoms with van der Waals surface area (Å²) in [6.45, 7) is 2.53. The Bertz CT molecular complexity index is 466. The molecule has 15 heavy (non-hydrogen) atoms. The molecule has 0 saturated heterocycles. The second-order valence-corrected chi connectivity index (χ2v) is 3.43. The van der Waals surface area contributed by atoms with Gasteiger partial charge in [0.1, 0.15) is 6.33 Å². The van der Waals surface area contributed by atoms with Crippen LogP contribution >= 0.6 is 0 Å². The van der Waals surface area contributed by atoms with E-state index in [1.807, 2.05) is 31.3 Å². The van der Waals surface area contributed by atoms with Crippen molar-refractivity contribution in [3.63, 3.8) is 0 Å². The second kappa shape index (κ2) is 4.19. The summed E-state index contributed by atoms with van der Waals surface area (Å²) in [6, 6.07) is 8.14. The maximum atomic E-state index is 5.60. The van der Waals surface area contributed by atoms with Gasteiger partial charge in [0, 0.05) is 24.0 Å². The van der Waals surface area contributed by atoms with Crippen molar-refractivity contribution in [3.8, 4) is 11.1 Å². The van der Waals surface area contributed by atoms with Crippen LogP contribution in [0.15, 0.2) is 36.8 Å². The van der Waals surface area contributed by atoms with Gasteiger partial charge in [-0.25, -0.2) is 9.97 Å². The lowest BCUT2D eigenvalue weighted by Gasteiger charge is -2.05. The third-order valence-corrected chi connectivity index (χ3v) is 2.39. The number of aromatic nitrogens is 2. The van der Waals surface area contributed by atoms with Crippen LogP contribution in [0.5, 0.6) is 0 Å². The van der Waals surface area contributed by atoms with E-state index < -0.39 is 0 Å². The summed E-state index contributed by atoms with van der Waals surface area (Å²) in [5.74, 6) is 0. The fraction of sp³-hybridized carbons (Fsp3) is 0.167. The Balaban J connectivity index is 2.49. The predicted molar refractivity (Wildman–Crippen MR) is 60.1 cm³/mol. The minimum Gasteiger partial charge on any atom is -0.326 e. The quantitative estimate of drug-likeness (QED) is 0.803. The number of benzene rings is 1. The van der Waals surface area contributed by atoms with E-state index in [2.05, 4.69) is 16.0 Å². The van der Waals surface area contributed by atoms with Gasteiger partial charge in [0.2, 0.25) is 0 Å². The molecule has 0 amide bonds. The standard InChI is InChI=1S/C12H13N3/c1-9-12(7-14-8-15-9)11-4-2-3-10(5-11)6-13/h2-5,7-8H,6,13H2,1H3. The van der Waals surface area contributed by atoms with Gasteiger partial charge in [-0.2, -0.15) is 0 Å². The molecule has 2 N–H and O–H groups in total. The first-order valence-electron chi connectivity index (χ1n) is 4.87. The molecule has 0 saturated carbocycles. The average molecular weight is 199 g/mol. The van der Waals surface area contributed by atoms with Gasteiger partial charge in [-0.1, -0.05) is 18.2 Å². The van der Waals surface area contributed by atoms with Gasteiger partial charge in [-0.15, -0.1) is 0 Å². The Morgan fingerprint density at radius 2 is 2.20 bits per heavy atom. The van der Waals surface area contributed by atoms with E-state index in [9.17, 15) is 0 Å². The molecule has 0 spiro atoms. The van der Waals surface area contributed by atoms with E-state index in [-0.39, 0.29) is 0 Å². The fourth-order valence-electron chi connectivity index (χ4n) is 1.54. The zero-order valence-electron chi connectivity index (χ0n) is 8.64. The van der Waals surface area contributed by atoms with Crippen LogP contribution in [0.3, 0.4) is 0 Å². The number of rotatable bonds is 2. The van der Waals surface area contributed by atoms with Crippen molar-refractivity contribution in [1.82, 2.24) is 9.97 Å². The van der Waals surface area contributed by atoms with Crippen LogP contribution in [0.1, 0.15) is 11.3 Å². The van der Waals surface area contributed by atoms with E-state index in [1.54, 1.807) is 6.33 Å². The minimum atomic E-state index is 0.556. The highest BCUT2D eigenvalue weighted by molar-refractivity contribution is 5.65. The minimum absolute atomic E-state index is 0.556. The van der Waals surface area contributed by atoms with Crippen LogP contribution in [0, 0.1) is 6.92 Å². The number of aryl methyl sites for hydroxylation is 1. The largest absolute Gasteiger partial charge is 0.326 e. The van der Waals surface area contributed by atoms with Gasteiger partial charge in [-0.05, 0) is 24.1 Å². The molecule has 2 rings (SSSR count). The first-order valence-corrected chi connectivity index (χ1v) is 4.87. The van der Waals surface area contributed by atoms with Crippen molar-refractivity contribution in [2.24, 2.45) is 5.73 Å². The molecule has 0 aliphatic carbocycles. The fourth-order valence-corrected chi connectivity index (χ4v) is 1.54. The monoisotopic (exact) mass is 199 g/mol. The molecule has 0 radical (unpaired) electrons. The van der Waals surface area contributed by atoms with Gasteiger partial charge < -0.3 is 5.73 Å². The lowest BCUT2D eigenvalue weighted by Crippen LogP contribution is -1.96. The first-order chi connectivity index (χ1) is 7.31. The summed E-state index contributed by atoms with van der Waals surface area (Å²) >= 11 is 0. The molecular weight excluding hydrogens is 186 g/mol. The maximum Gasteiger partial charge on any atom is 0.115 e. The maximum absolute atomic E-state index is 5.60. The summed E-state index contributed by atoms with van der Waals surface area (Å²) < 4.78 is 0. The van der Waals surface area contributed by atoms with Crippen molar-refractivity contribution in [1.29, 1.82) is 0 Å². The highest BCUT2D eigenvalue weighted by atomic mass is 14.8. The van der Waals surface area contributed by atoms with Crippen LogP contribution in [0.25, 0.3) is 11.1 Å². The van der Waals surface area contributed by atoms with E-state index in [4.69, 9.17) is 5.73 Å². The Morgan fingerprint density at radius 3 is 2.93 bits per heavy atom. The topological polar surface area (TPSA) is 51.8 Å². The lowest BCUT2D eigenvalue weighted by atomic mass is 10.0. The first kappa shape index (κ1) is 9.80. The lowest BCUT2D eigenvalue weighted by molar-refractivity contribution is 1.07. The van der Waals surface area contributed by atoms with Crippen LogP contribution in [0.2, 0.25) is 0 Å². The van der Waals surface area contributed by atoms with E-state index in [0.29, 0.717) is 6.54 Å². The summed E-state index contributed by atoms with van der Waals surface area (Å²) in [5, 5.41) is 0. The molecule has 76 valence electrons. The number of nitrogens with zero attached hydrogens (tertiary/aromatic N) is 2. The third kappa shape index (κ3) is 2.02. The molecule has 3 nitrogen and oxygen atoms in total. The number of hydrogen-bond donors (Lipinski definition) is 1. The number of hydrogen-bond acceptors (Lipinski definition) is 3. The van der Waals surface area contributed by atoms with Crippen LogP contribution in [-0.2, 0) is 6.54 Å². The molecule has 0 atom stereocenters. The van der Waals surface area contributed by atoms with Crippen molar-refractivity contribution in [2.75, 3.05) is 0 Å². The molecule has 0 aliphatic rings. The summed E-state index contributed by atoms with van der Waals surface area (Å²) in [5.41, 5.74) is 9.89. The summed E-state index contributed by atoms with van der Waals surface area (Å²) in [4.78, 5) is 8.20. The summed E-state index contributed by atoms with van der Waals surface area (Å²) in [6.07, 6.45) is 3.39. The highest BCUT2D eigenvalue weighted by Gasteiger charge is 2.02. The Labute approximate surface area is 89.0 Å². The van der Waals surface area contributed by atoms with E-state index >= 15 is 0 Å². The molecule has 1 aromatic carbocycles. The van der Waals surface area contributed by atoms with Crippen LogP contribution in [-0.4, -0.2) is 9.97 Å². The van der Waals surface area contributed by atoms with Crippen LogP contribution in [0.4, 0.5) is 0 Å². The molecule has 0 fully saturated rings. The SMILES string of the molecule is Cc1ncncc1-c1cccc(CN)c1. The van der Waals surface area contributed by atoms with Crippen molar-refractivity contribution in [3.05, 3.63) is 48.0 Å². The molecule has 1 aromatic heterocycles. The summed E-state index contributed by atoms with van der Waals surface area (Å²) in [7, 11) is 0. The van der Waals surface area contributed by atoms with Crippen LogP contribution < -0.4 is 5.73 Å². The molecule has 2 aromatic rings. The second-order valence-electron chi connectivity index (χ2n) is 3.43. The Morgan fingerprint density at radius 1 is 1.33 bits per heavy atom. The van der Waals surface area contributed by atoms with Gasteiger partial charge in [-0.3, -0.25) is 0 Å². The highest BCUT2D eigenvalue weighted by Crippen LogP contribution is 2.21. The average Bonchev–Trinajstić information content (AvgIpc) is 2.30. The van der Waals surface area contributed by atoms with Gasteiger partial charge in [0.05, 0.1) is 0 Å². The number of nitrogens with two attached hydrogens (primary N) is 1. The Hall–Kier alpha value is -1.74. The molecule has 0 bridgehead atoms. The predicted octanol–water partition coefficient (Wildman–Crippen LogP) is 1.91. The smallest absolute Gasteiger partial charge is 0.115 e. The molecular formula is C12H13N3. The van der Waals surface area contributed by atoms with E-state index in [0.717, 1.165) is 22.4 Å². The molecule has 3 heteroatoms. The normalized spacial score (nSPS) is 10.3. The molecule has 0 aliphatic heterocycles.